The Labute approximate surface area is 109 Å². The third-order valence-corrected chi connectivity index (χ3v) is 3.15. The number of hydrogen-bond acceptors (Lipinski definition) is 4. The topological polar surface area (TPSA) is 69.6 Å². The van der Waals surface area contributed by atoms with Crippen LogP contribution >= 0.6 is 23.2 Å². The molecule has 2 N–H and O–H groups in total. The highest BCUT2D eigenvalue weighted by Gasteiger charge is 2.18. The second-order valence-corrected chi connectivity index (χ2v) is 4.55. The van der Waals surface area contributed by atoms with Crippen LogP contribution in [0.15, 0.2) is 12.1 Å². The molecule has 0 spiro atoms. The first-order valence-electron chi connectivity index (χ1n) is 5.01. The second-order valence-electron chi connectivity index (χ2n) is 3.76. The van der Waals surface area contributed by atoms with Crippen molar-refractivity contribution in [3.8, 4) is 5.69 Å². The Morgan fingerprint density at radius 1 is 1.35 bits per heavy atom. The van der Waals surface area contributed by atoms with E-state index in [2.05, 4.69) is 15.5 Å². The van der Waals surface area contributed by atoms with Gasteiger partial charge in [0.05, 0.1) is 16.1 Å². The minimum atomic E-state index is -0.308. The summed E-state index contributed by atoms with van der Waals surface area (Å²) in [7, 11) is 0. The lowest BCUT2D eigenvalue weighted by atomic mass is 10.2. The molecule has 7 heteroatoms. The molecule has 5 nitrogen and oxygen atoms in total. The maximum absolute atomic E-state index is 6.22. The molecule has 17 heavy (non-hydrogen) atoms. The number of rotatable bonds is 2. The molecule has 1 aromatic carbocycles. The summed E-state index contributed by atoms with van der Waals surface area (Å²) >= 11 is 12.4. The maximum Gasteiger partial charge on any atom is 0.173 e. The predicted molar refractivity (Wildman–Crippen MR) is 66.5 cm³/mol. The molecule has 1 atom stereocenters. The van der Waals surface area contributed by atoms with Gasteiger partial charge in [-0.1, -0.05) is 29.3 Å². The highest BCUT2D eigenvalue weighted by atomic mass is 35.5. The highest BCUT2D eigenvalue weighted by Crippen LogP contribution is 2.31. The Morgan fingerprint density at radius 3 is 2.71 bits per heavy atom. The van der Waals surface area contributed by atoms with Crippen LogP contribution in [0.25, 0.3) is 5.69 Å². The van der Waals surface area contributed by atoms with Crippen LogP contribution in [-0.2, 0) is 0 Å². The third-order valence-electron chi connectivity index (χ3n) is 2.37. The molecule has 0 saturated heterocycles. The lowest BCUT2D eigenvalue weighted by Gasteiger charge is -2.11. The van der Waals surface area contributed by atoms with Crippen molar-refractivity contribution in [3.63, 3.8) is 0 Å². The highest BCUT2D eigenvalue weighted by molar-refractivity contribution is 6.38. The summed E-state index contributed by atoms with van der Waals surface area (Å²) in [6.45, 7) is 3.68. The van der Waals surface area contributed by atoms with Crippen LogP contribution in [0.1, 0.15) is 24.4 Å². The lowest BCUT2D eigenvalue weighted by Crippen LogP contribution is -2.14. The first-order chi connectivity index (χ1) is 8.02. The fraction of sp³-hybridized carbons (Fsp3) is 0.300. The van der Waals surface area contributed by atoms with Crippen LogP contribution in [0.2, 0.25) is 10.0 Å². The molecule has 90 valence electrons. The number of nitrogens with zero attached hydrogens (tertiary/aromatic N) is 4. The van der Waals surface area contributed by atoms with Crippen LogP contribution in [0.3, 0.4) is 0 Å². The molecule has 2 aromatic rings. The number of benzene rings is 1. The Bertz CT molecular complexity index is 550. The minimum Gasteiger partial charge on any atom is -0.321 e. The first kappa shape index (κ1) is 12.3. The summed E-state index contributed by atoms with van der Waals surface area (Å²) in [5.74, 6) is 0.513. The van der Waals surface area contributed by atoms with Gasteiger partial charge < -0.3 is 5.73 Å². The van der Waals surface area contributed by atoms with Gasteiger partial charge in [-0.3, -0.25) is 0 Å². The molecule has 0 aliphatic carbocycles. The number of halogens is 2. The fourth-order valence-corrected chi connectivity index (χ4v) is 2.00. The number of tetrazole rings is 1. The number of aromatic nitrogens is 4. The smallest absolute Gasteiger partial charge is 0.173 e. The zero-order chi connectivity index (χ0) is 12.6. The molecule has 1 unspecified atom stereocenters. The quantitative estimate of drug-likeness (QED) is 0.910. The van der Waals surface area contributed by atoms with E-state index in [0.717, 1.165) is 5.56 Å². The molecular formula is C10H11Cl2N5. The van der Waals surface area contributed by atoms with E-state index in [1.807, 2.05) is 13.0 Å². The van der Waals surface area contributed by atoms with E-state index in [4.69, 9.17) is 28.9 Å². The Kier molecular flexibility index (Phi) is 3.33. The van der Waals surface area contributed by atoms with Gasteiger partial charge in [0.1, 0.15) is 5.69 Å². The van der Waals surface area contributed by atoms with Gasteiger partial charge in [0.15, 0.2) is 5.82 Å². The number of aryl methyl sites for hydroxylation is 1. The maximum atomic E-state index is 6.22. The van der Waals surface area contributed by atoms with E-state index >= 15 is 0 Å². The van der Waals surface area contributed by atoms with Gasteiger partial charge in [-0.2, -0.15) is 4.68 Å². The van der Waals surface area contributed by atoms with Crippen molar-refractivity contribution in [3.05, 3.63) is 33.6 Å². The van der Waals surface area contributed by atoms with Crippen molar-refractivity contribution in [1.82, 2.24) is 20.2 Å². The molecule has 0 saturated carbocycles. The summed E-state index contributed by atoms with van der Waals surface area (Å²) in [6, 6.07) is 3.28. The summed E-state index contributed by atoms with van der Waals surface area (Å²) in [5.41, 5.74) is 7.25. The second kappa shape index (κ2) is 4.60. The monoisotopic (exact) mass is 271 g/mol. The SMILES string of the molecule is Cc1ccc(Cl)c(-n2nnnc2C(C)N)c1Cl. The molecule has 0 fully saturated rings. The standard InChI is InChI=1S/C10H11Cl2N5/c1-5-3-4-7(11)9(8(5)12)17-10(6(2)13)14-15-16-17/h3-4,6H,13H2,1-2H3. The summed E-state index contributed by atoms with van der Waals surface area (Å²) in [4.78, 5) is 0. The zero-order valence-corrected chi connectivity index (χ0v) is 10.9. The van der Waals surface area contributed by atoms with Crippen molar-refractivity contribution in [1.29, 1.82) is 0 Å². The predicted octanol–water partition coefficient (Wildman–Crippen LogP) is 2.30. The average molecular weight is 272 g/mol. The van der Waals surface area contributed by atoms with Crippen molar-refractivity contribution >= 4 is 23.2 Å². The van der Waals surface area contributed by atoms with Gasteiger partial charge >= 0.3 is 0 Å². The van der Waals surface area contributed by atoms with Gasteiger partial charge in [-0.25, -0.2) is 0 Å². The average Bonchev–Trinajstić information content (AvgIpc) is 2.73. The van der Waals surface area contributed by atoms with Crippen LogP contribution in [0, 0.1) is 6.92 Å². The normalized spacial score (nSPS) is 12.8. The Balaban J connectivity index is 2.68. The van der Waals surface area contributed by atoms with Crippen molar-refractivity contribution in [2.75, 3.05) is 0 Å². The minimum absolute atomic E-state index is 0.308. The molecule has 0 radical (unpaired) electrons. The van der Waals surface area contributed by atoms with Crippen LogP contribution < -0.4 is 5.73 Å². The zero-order valence-electron chi connectivity index (χ0n) is 9.35. The van der Waals surface area contributed by atoms with E-state index in [1.165, 1.54) is 4.68 Å². The van der Waals surface area contributed by atoms with Crippen LogP contribution in [0.4, 0.5) is 0 Å². The van der Waals surface area contributed by atoms with Crippen LogP contribution in [0.5, 0.6) is 0 Å². The van der Waals surface area contributed by atoms with E-state index in [9.17, 15) is 0 Å². The van der Waals surface area contributed by atoms with Gasteiger partial charge in [-0.15, -0.1) is 5.10 Å². The molecule has 0 aliphatic heterocycles. The molecule has 0 aliphatic rings. The van der Waals surface area contributed by atoms with E-state index in [1.54, 1.807) is 13.0 Å². The Morgan fingerprint density at radius 2 is 2.06 bits per heavy atom. The summed E-state index contributed by atoms with van der Waals surface area (Å²) in [6.07, 6.45) is 0. The number of nitrogens with two attached hydrogens (primary N) is 1. The van der Waals surface area contributed by atoms with Gasteiger partial charge in [0.25, 0.3) is 0 Å². The number of hydrogen-bond donors (Lipinski definition) is 1. The van der Waals surface area contributed by atoms with E-state index in [-0.39, 0.29) is 6.04 Å². The summed E-state index contributed by atoms with van der Waals surface area (Å²) < 4.78 is 1.47. The van der Waals surface area contributed by atoms with Gasteiger partial charge in [-0.05, 0) is 35.9 Å². The van der Waals surface area contributed by atoms with Gasteiger partial charge in [0.2, 0.25) is 0 Å². The van der Waals surface area contributed by atoms with Crippen molar-refractivity contribution in [2.45, 2.75) is 19.9 Å². The van der Waals surface area contributed by atoms with Gasteiger partial charge in [0, 0.05) is 0 Å². The largest absolute Gasteiger partial charge is 0.321 e. The molecule has 2 rings (SSSR count). The molecular weight excluding hydrogens is 261 g/mol. The molecule has 1 heterocycles. The first-order valence-corrected chi connectivity index (χ1v) is 5.76. The van der Waals surface area contributed by atoms with Crippen molar-refractivity contribution < 1.29 is 0 Å². The summed E-state index contributed by atoms with van der Waals surface area (Å²) in [5, 5.41) is 12.3. The van der Waals surface area contributed by atoms with Crippen molar-refractivity contribution in [2.24, 2.45) is 5.73 Å². The van der Waals surface area contributed by atoms with Crippen LogP contribution in [-0.4, -0.2) is 20.2 Å². The molecule has 1 aromatic heterocycles. The molecule has 0 amide bonds. The Hall–Kier alpha value is -1.17. The lowest BCUT2D eigenvalue weighted by molar-refractivity contribution is 0.688. The fourth-order valence-electron chi connectivity index (χ4n) is 1.47. The van der Waals surface area contributed by atoms with E-state index < -0.39 is 0 Å². The third kappa shape index (κ3) is 2.13. The molecule has 0 bridgehead atoms. The van der Waals surface area contributed by atoms with E-state index in [0.29, 0.717) is 21.6 Å².